The Hall–Kier alpha value is -0.0800. The Morgan fingerprint density at radius 1 is 1.60 bits per heavy atom. The Bertz CT molecular complexity index is 85.3. The summed E-state index contributed by atoms with van der Waals surface area (Å²) in [6, 6.07) is 0.591. The molecule has 1 aliphatic rings. The van der Waals surface area contributed by atoms with Gasteiger partial charge in [0.05, 0.1) is 0 Å². The second-order valence-corrected chi connectivity index (χ2v) is 3.39. The van der Waals surface area contributed by atoms with Gasteiger partial charge in [0.25, 0.3) is 0 Å². The summed E-state index contributed by atoms with van der Waals surface area (Å²) in [5.41, 5.74) is 0. The molecule has 10 heavy (non-hydrogen) atoms. The van der Waals surface area contributed by atoms with Gasteiger partial charge < -0.3 is 5.32 Å². The number of nitrogens with one attached hydrogen (secondary N) is 1. The quantitative estimate of drug-likeness (QED) is 0.599. The van der Waals surface area contributed by atoms with Crippen molar-refractivity contribution in [3.63, 3.8) is 0 Å². The van der Waals surface area contributed by atoms with Crippen LogP contribution in [0.2, 0.25) is 0 Å². The maximum Gasteiger partial charge on any atom is 0.0373 e. The van der Waals surface area contributed by atoms with E-state index in [0.717, 1.165) is 25.6 Å². The lowest BCUT2D eigenvalue weighted by molar-refractivity contribution is 0.356. The van der Waals surface area contributed by atoms with Crippen LogP contribution in [0, 0.1) is 5.92 Å². The van der Waals surface area contributed by atoms with Gasteiger partial charge in [0.15, 0.2) is 0 Å². The molecule has 59 valence electrons. The third-order valence-corrected chi connectivity index (χ3v) is 1.80. The minimum Gasteiger partial charge on any atom is -0.314 e. The Morgan fingerprint density at radius 3 is 2.90 bits per heavy atom. The lowest BCUT2D eigenvalue weighted by Gasteiger charge is -2.23. The van der Waals surface area contributed by atoms with Crippen molar-refractivity contribution in [2.24, 2.45) is 5.92 Å². The van der Waals surface area contributed by atoms with E-state index in [1.807, 2.05) is 0 Å². The van der Waals surface area contributed by atoms with Crippen LogP contribution in [0.1, 0.15) is 20.3 Å². The van der Waals surface area contributed by atoms with Crippen LogP contribution in [0.15, 0.2) is 0 Å². The molecule has 1 rings (SSSR count). The topological polar surface area (TPSA) is 26.1 Å². The summed E-state index contributed by atoms with van der Waals surface area (Å²) in [4.78, 5) is 0. The van der Waals surface area contributed by atoms with E-state index in [2.05, 4.69) is 24.5 Å². The van der Waals surface area contributed by atoms with Gasteiger partial charge in [0.2, 0.25) is 0 Å². The molecule has 1 fully saturated rings. The highest BCUT2D eigenvalue weighted by molar-refractivity contribution is 4.75. The predicted octanol–water partition coefficient (Wildman–Crippen LogP) is 0.609. The monoisotopic (exact) mass is 141 g/mol. The Labute approximate surface area is 63.4 Å². The average molecular weight is 141 g/mol. The SMILES string of the molecule is CC(C)C[C@H]1CNCC[N]1. The first-order chi connectivity index (χ1) is 4.79. The van der Waals surface area contributed by atoms with Crippen LogP contribution < -0.4 is 10.6 Å². The summed E-state index contributed by atoms with van der Waals surface area (Å²) in [7, 11) is 0. The van der Waals surface area contributed by atoms with Gasteiger partial charge in [0, 0.05) is 25.7 Å². The zero-order valence-electron chi connectivity index (χ0n) is 6.93. The fraction of sp³-hybridized carbons (Fsp3) is 1.00. The number of hydrogen-bond acceptors (Lipinski definition) is 1. The average Bonchev–Trinajstić information content (AvgIpc) is 1.88. The van der Waals surface area contributed by atoms with Gasteiger partial charge in [-0.1, -0.05) is 13.8 Å². The molecule has 1 radical (unpaired) electrons. The molecule has 0 bridgehead atoms. The van der Waals surface area contributed by atoms with E-state index in [1.165, 1.54) is 6.42 Å². The van der Waals surface area contributed by atoms with Gasteiger partial charge in [-0.2, -0.15) is 0 Å². The van der Waals surface area contributed by atoms with Crippen molar-refractivity contribution < 1.29 is 0 Å². The number of hydrogen-bond donors (Lipinski definition) is 1. The first kappa shape index (κ1) is 8.02. The third-order valence-electron chi connectivity index (χ3n) is 1.80. The molecule has 0 aromatic rings. The molecule has 1 saturated heterocycles. The van der Waals surface area contributed by atoms with Crippen molar-refractivity contribution in [1.29, 1.82) is 0 Å². The van der Waals surface area contributed by atoms with E-state index >= 15 is 0 Å². The molecular weight excluding hydrogens is 124 g/mol. The minimum atomic E-state index is 0.591. The van der Waals surface area contributed by atoms with Crippen LogP contribution in [0.5, 0.6) is 0 Å². The summed E-state index contributed by atoms with van der Waals surface area (Å²) in [5.74, 6) is 0.786. The first-order valence-corrected chi connectivity index (χ1v) is 4.16. The van der Waals surface area contributed by atoms with Crippen LogP contribution in [0.3, 0.4) is 0 Å². The summed E-state index contributed by atoms with van der Waals surface area (Å²) < 4.78 is 0. The molecule has 0 unspecified atom stereocenters. The van der Waals surface area contributed by atoms with E-state index < -0.39 is 0 Å². The zero-order valence-corrected chi connectivity index (χ0v) is 6.93. The zero-order chi connectivity index (χ0) is 7.40. The lowest BCUT2D eigenvalue weighted by atomic mass is 10.0. The summed E-state index contributed by atoms with van der Waals surface area (Å²) >= 11 is 0. The fourth-order valence-electron chi connectivity index (χ4n) is 1.36. The highest BCUT2D eigenvalue weighted by Crippen LogP contribution is 2.05. The van der Waals surface area contributed by atoms with E-state index in [-0.39, 0.29) is 0 Å². The van der Waals surface area contributed by atoms with E-state index in [9.17, 15) is 0 Å². The van der Waals surface area contributed by atoms with Gasteiger partial charge in [-0.05, 0) is 12.3 Å². The second-order valence-electron chi connectivity index (χ2n) is 3.39. The van der Waals surface area contributed by atoms with E-state index in [0.29, 0.717) is 6.04 Å². The Kier molecular flexibility index (Phi) is 3.16. The van der Waals surface area contributed by atoms with E-state index in [4.69, 9.17) is 0 Å². The standard InChI is InChI=1S/C8H17N2/c1-7(2)5-8-6-9-3-4-10-8/h7-9H,3-6H2,1-2H3/t8-/m0/s1. The smallest absolute Gasteiger partial charge is 0.0373 e. The summed E-state index contributed by atoms with van der Waals surface area (Å²) in [6.07, 6.45) is 1.24. The van der Waals surface area contributed by atoms with Crippen LogP contribution in [0.4, 0.5) is 0 Å². The molecule has 0 saturated carbocycles. The minimum absolute atomic E-state index is 0.591. The summed E-state index contributed by atoms with van der Waals surface area (Å²) in [5, 5.41) is 7.85. The largest absolute Gasteiger partial charge is 0.314 e. The first-order valence-electron chi connectivity index (χ1n) is 4.16. The summed E-state index contributed by atoms with van der Waals surface area (Å²) in [6.45, 7) is 7.69. The van der Waals surface area contributed by atoms with Crippen LogP contribution in [-0.4, -0.2) is 25.7 Å². The maximum absolute atomic E-state index is 4.51. The van der Waals surface area contributed by atoms with Crippen molar-refractivity contribution in [3.05, 3.63) is 0 Å². The highest BCUT2D eigenvalue weighted by atomic mass is 15.0. The molecule has 2 heteroatoms. The van der Waals surface area contributed by atoms with Gasteiger partial charge in [-0.15, -0.1) is 0 Å². The van der Waals surface area contributed by atoms with Crippen molar-refractivity contribution in [3.8, 4) is 0 Å². The number of piperazine rings is 1. The van der Waals surface area contributed by atoms with Crippen molar-refractivity contribution >= 4 is 0 Å². The molecule has 2 nitrogen and oxygen atoms in total. The number of nitrogens with zero attached hydrogens (tertiary/aromatic N) is 1. The van der Waals surface area contributed by atoms with Gasteiger partial charge in [-0.25, -0.2) is 5.32 Å². The molecule has 0 aromatic carbocycles. The Balaban J connectivity index is 2.13. The molecule has 0 aliphatic carbocycles. The van der Waals surface area contributed by atoms with Crippen LogP contribution in [-0.2, 0) is 0 Å². The molecule has 1 atom stereocenters. The van der Waals surface area contributed by atoms with Crippen LogP contribution in [0.25, 0.3) is 0 Å². The molecule has 0 amide bonds. The number of rotatable bonds is 2. The Morgan fingerprint density at radius 2 is 2.40 bits per heavy atom. The molecule has 1 N–H and O–H groups in total. The fourth-order valence-corrected chi connectivity index (χ4v) is 1.36. The second kappa shape index (κ2) is 3.94. The van der Waals surface area contributed by atoms with Gasteiger partial charge in [0.1, 0.15) is 0 Å². The molecule has 1 aliphatic heterocycles. The normalized spacial score (nSPS) is 27.3. The van der Waals surface area contributed by atoms with Crippen molar-refractivity contribution in [1.82, 2.24) is 10.6 Å². The van der Waals surface area contributed by atoms with Crippen molar-refractivity contribution in [2.45, 2.75) is 26.3 Å². The predicted molar refractivity (Wildman–Crippen MR) is 43.1 cm³/mol. The van der Waals surface area contributed by atoms with Crippen LogP contribution >= 0.6 is 0 Å². The van der Waals surface area contributed by atoms with Gasteiger partial charge >= 0.3 is 0 Å². The molecular formula is C8H17N2. The lowest BCUT2D eigenvalue weighted by Crippen LogP contribution is -2.44. The van der Waals surface area contributed by atoms with E-state index in [1.54, 1.807) is 0 Å². The third kappa shape index (κ3) is 2.67. The molecule has 1 heterocycles. The van der Waals surface area contributed by atoms with Crippen molar-refractivity contribution in [2.75, 3.05) is 19.6 Å². The molecule has 0 spiro atoms. The highest BCUT2D eigenvalue weighted by Gasteiger charge is 2.13. The molecule has 0 aromatic heterocycles. The van der Waals surface area contributed by atoms with Gasteiger partial charge in [-0.3, -0.25) is 0 Å². The maximum atomic E-state index is 4.51.